The molecule has 0 fully saturated rings. The summed E-state index contributed by atoms with van der Waals surface area (Å²) in [5, 5.41) is 18.5. The first-order valence-electron chi connectivity index (χ1n) is 5.65. The minimum Gasteiger partial charge on any atom is -0.485 e. The fraction of sp³-hybridized carbons (Fsp3) is 0.417. The van der Waals surface area contributed by atoms with Crippen LogP contribution in [-0.4, -0.2) is 16.8 Å². The zero-order valence-electron chi connectivity index (χ0n) is 10.5. The van der Waals surface area contributed by atoms with E-state index in [1.54, 1.807) is 32.0 Å². The number of hydrogen-bond acceptors (Lipinski definition) is 6. The van der Waals surface area contributed by atoms with Crippen LogP contribution in [0.4, 0.5) is 0 Å². The van der Waals surface area contributed by atoms with E-state index in [2.05, 4.69) is 4.84 Å². The second-order valence-corrected chi connectivity index (χ2v) is 4.85. The Labute approximate surface area is 109 Å². The molecule has 1 aliphatic rings. The van der Waals surface area contributed by atoms with E-state index in [-0.39, 0.29) is 0 Å². The Balaban J connectivity index is 2.46. The van der Waals surface area contributed by atoms with Crippen molar-refractivity contribution in [1.29, 1.82) is 5.26 Å². The molecule has 0 bridgehead atoms. The molecule has 7 nitrogen and oxygen atoms in total. The van der Waals surface area contributed by atoms with E-state index in [4.69, 9.17) is 15.7 Å². The molecule has 2 unspecified atom stereocenters. The largest absolute Gasteiger partial charge is 0.485 e. The topological polar surface area (TPSA) is 111 Å². The van der Waals surface area contributed by atoms with Gasteiger partial charge in [0.15, 0.2) is 6.10 Å². The van der Waals surface area contributed by atoms with E-state index >= 15 is 0 Å². The monoisotopic (exact) mass is 263 g/mol. The van der Waals surface area contributed by atoms with Crippen LogP contribution in [0.15, 0.2) is 18.2 Å². The maximum absolute atomic E-state index is 10.6. The van der Waals surface area contributed by atoms with Crippen LogP contribution in [0.5, 0.6) is 5.75 Å². The third-order valence-corrected chi connectivity index (χ3v) is 3.08. The zero-order chi connectivity index (χ0) is 14.2. The van der Waals surface area contributed by atoms with Gasteiger partial charge in [0.25, 0.3) is 5.09 Å². The minimum atomic E-state index is -0.941. The molecule has 2 atom stereocenters. The summed E-state index contributed by atoms with van der Waals surface area (Å²) in [5.41, 5.74) is 6.03. The molecule has 0 amide bonds. The van der Waals surface area contributed by atoms with Crippen LogP contribution >= 0.6 is 0 Å². The summed E-state index contributed by atoms with van der Waals surface area (Å²) in [5.74, 6) is 0.514. The van der Waals surface area contributed by atoms with Crippen molar-refractivity contribution in [3.63, 3.8) is 0 Å². The predicted octanol–water partition coefficient (Wildman–Crippen LogP) is 1.31. The number of nitrogens with zero attached hydrogens (tertiary/aromatic N) is 2. The first-order chi connectivity index (χ1) is 8.85. The van der Waals surface area contributed by atoms with Gasteiger partial charge in [-0.05, 0) is 32.0 Å². The van der Waals surface area contributed by atoms with Crippen molar-refractivity contribution in [3.8, 4) is 11.8 Å². The lowest BCUT2D eigenvalue weighted by molar-refractivity contribution is -0.773. The van der Waals surface area contributed by atoms with Crippen LogP contribution < -0.4 is 10.5 Å². The highest BCUT2D eigenvalue weighted by Crippen LogP contribution is 2.40. The number of rotatable bonds is 2. The molecule has 0 aliphatic carbocycles. The van der Waals surface area contributed by atoms with E-state index in [1.807, 2.05) is 6.07 Å². The molecule has 100 valence electrons. The molecule has 2 N–H and O–H groups in total. The van der Waals surface area contributed by atoms with Gasteiger partial charge in [-0.3, -0.25) is 0 Å². The summed E-state index contributed by atoms with van der Waals surface area (Å²) in [6.45, 7) is 3.34. The number of ether oxygens (including phenoxy) is 1. The normalized spacial score (nSPS) is 23.7. The second kappa shape index (κ2) is 4.40. The first kappa shape index (κ1) is 13.1. The molecule has 19 heavy (non-hydrogen) atoms. The molecule has 0 radical (unpaired) electrons. The van der Waals surface area contributed by atoms with Gasteiger partial charge in [-0.2, -0.15) is 5.26 Å². The maximum atomic E-state index is 10.6. The molecule has 1 heterocycles. The summed E-state index contributed by atoms with van der Waals surface area (Å²) >= 11 is 0. The summed E-state index contributed by atoms with van der Waals surface area (Å²) in [6.07, 6.45) is -0.941. The molecule has 0 saturated carbocycles. The average molecular weight is 263 g/mol. The van der Waals surface area contributed by atoms with Crippen molar-refractivity contribution in [3.05, 3.63) is 39.4 Å². The summed E-state index contributed by atoms with van der Waals surface area (Å²) < 4.78 is 5.68. The van der Waals surface area contributed by atoms with Crippen LogP contribution in [0.1, 0.15) is 31.0 Å². The SMILES string of the molecule is CC1(C)Oc2ccc(C#N)cc2C(N)C1O[N+](=O)[O-]. The highest BCUT2D eigenvalue weighted by molar-refractivity contribution is 5.46. The van der Waals surface area contributed by atoms with Gasteiger partial charge in [-0.1, -0.05) is 0 Å². The Hall–Kier alpha value is -2.33. The third-order valence-electron chi connectivity index (χ3n) is 3.08. The fourth-order valence-corrected chi connectivity index (χ4v) is 2.19. The highest BCUT2D eigenvalue weighted by atomic mass is 17.0. The van der Waals surface area contributed by atoms with Gasteiger partial charge in [0.2, 0.25) is 0 Å². The predicted molar refractivity (Wildman–Crippen MR) is 64.7 cm³/mol. The summed E-state index contributed by atoms with van der Waals surface area (Å²) in [7, 11) is 0. The first-order valence-corrected chi connectivity index (χ1v) is 5.65. The van der Waals surface area contributed by atoms with Gasteiger partial charge in [-0.15, -0.1) is 10.1 Å². The summed E-state index contributed by atoms with van der Waals surface area (Å²) in [6, 6.07) is 6.05. The van der Waals surface area contributed by atoms with E-state index in [9.17, 15) is 10.1 Å². The quantitative estimate of drug-likeness (QED) is 0.636. The van der Waals surface area contributed by atoms with E-state index in [0.717, 1.165) is 0 Å². The van der Waals surface area contributed by atoms with Crippen molar-refractivity contribution in [2.75, 3.05) is 0 Å². The van der Waals surface area contributed by atoms with Gasteiger partial charge in [0.05, 0.1) is 17.7 Å². The number of nitriles is 1. The van der Waals surface area contributed by atoms with Gasteiger partial charge < -0.3 is 15.3 Å². The Morgan fingerprint density at radius 1 is 1.58 bits per heavy atom. The van der Waals surface area contributed by atoms with E-state index < -0.39 is 22.8 Å². The van der Waals surface area contributed by atoms with E-state index in [0.29, 0.717) is 16.9 Å². The molecular weight excluding hydrogens is 250 g/mol. The van der Waals surface area contributed by atoms with Gasteiger partial charge in [-0.25, -0.2) is 0 Å². The number of nitrogens with two attached hydrogens (primary N) is 1. The standard InChI is InChI=1S/C12H13N3O4/c1-12(2)11(19-15(16)17)10(14)8-5-7(6-13)3-4-9(8)18-12/h3-5,10-11H,14H2,1-2H3. The molecule has 0 spiro atoms. The Morgan fingerprint density at radius 3 is 2.84 bits per heavy atom. The lowest BCUT2D eigenvalue weighted by atomic mass is 9.86. The fourth-order valence-electron chi connectivity index (χ4n) is 2.19. The third kappa shape index (κ3) is 2.30. The molecule has 1 aromatic carbocycles. The molecule has 1 aromatic rings. The van der Waals surface area contributed by atoms with Crippen LogP contribution in [0.2, 0.25) is 0 Å². The molecule has 0 saturated heterocycles. The van der Waals surface area contributed by atoms with E-state index in [1.165, 1.54) is 0 Å². The maximum Gasteiger partial charge on any atom is 0.294 e. The Kier molecular flexibility index (Phi) is 3.04. The number of hydrogen-bond donors (Lipinski definition) is 1. The Morgan fingerprint density at radius 2 is 2.26 bits per heavy atom. The van der Waals surface area contributed by atoms with Crippen molar-refractivity contribution >= 4 is 0 Å². The van der Waals surface area contributed by atoms with Gasteiger partial charge >= 0.3 is 0 Å². The number of benzene rings is 1. The lowest BCUT2D eigenvalue weighted by Gasteiger charge is -2.41. The molecule has 1 aliphatic heterocycles. The number of fused-ring (bicyclic) bond motifs is 1. The average Bonchev–Trinajstić information content (AvgIpc) is 2.33. The van der Waals surface area contributed by atoms with Gasteiger partial charge in [0.1, 0.15) is 11.4 Å². The molecule has 7 heteroatoms. The second-order valence-electron chi connectivity index (χ2n) is 4.85. The van der Waals surface area contributed by atoms with Crippen molar-refractivity contribution < 1.29 is 14.7 Å². The molecule has 2 rings (SSSR count). The molecular formula is C12H13N3O4. The van der Waals surface area contributed by atoms with Crippen molar-refractivity contribution in [2.24, 2.45) is 5.73 Å². The minimum absolute atomic E-state index is 0.414. The van der Waals surface area contributed by atoms with Crippen LogP contribution in [0, 0.1) is 21.4 Å². The zero-order valence-corrected chi connectivity index (χ0v) is 10.5. The molecule has 0 aromatic heterocycles. The smallest absolute Gasteiger partial charge is 0.294 e. The summed E-state index contributed by atoms with van der Waals surface area (Å²) in [4.78, 5) is 15.2. The highest BCUT2D eigenvalue weighted by Gasteiger charge is 2.45. The van der Waals surface area contributed by atoms with Crippen LogP contribution in [0.3, 0.4) is 0 Å². The lowest BCUT2D eigenvalue weighted by Crippen LogP contribution is -2.53. The van der Waals surface area contributed by atoms with Crippen molar-refractivity contribution in [1.82, 2.24) is 0 Å². The van der Waals surface area contributed by atoms with Crippen LogP contribution in [-0.2, 0) is 4.84 Å². The Bertz CT molecular complexity index is 565. The van der Waals surface area contributed by atoms with Crippen molar-refractivity contribution in [2.45, 2.75) is 31.6 Å². The van der Waals surface area contributed by atoms with Gasteiger partial charge in [0, 0.05) is 5.56 Å². The van der Waals surface area contributed by atoms with Crippen LogP contribution in [0.25, 0.3) is 0 Å².